The molecule has 0 bridgehead atoms. The zero-order valence-corrected chi connectivity index (χ0v) is 10.6. The molecule has 1 heterocycles. The highest BCUT2D eigenvalue weighted by Crippen LogP contribution is 2.39. The minimum absolute atomic E-state index is 0.195. The fourth-order valence-electron chi connectivity index (χ4n) is 2.26. The van der Waals surface area contributed by atoms with E-state index >= 15 is 0 Å². The zero-order valence-electron chi connectivity index (χ0n) is 10.6. The summed E-state index contributed by atoms with van der Waals surface area (Å²) in [5.41, 5.74) is 7.26. The van der Waals surface area contributed by atoms with Crippen molar-refractivity contribution in [1.82, 2.24) is 0 Å². The predicted octanol–water partition coefficient (Wildman–Crippen LogP) is 1.74. The summed E-state index contributed by atoms with van der Waals surface area (Å²) in [5.74, 6) is -0.876. The van der Waals surface area contributed by atoms with Gasteiger partial charge >= 0.3 is 5.97 Å². The molecule has 2 rings (SSSR count). The molecule has 1 fully saturated rings. The lowest BCUT2D eigenvalue weighted by molar-refractivity contribution is -0.184. The molecule has 4 nitrogen and oxygen atoms in total. The number of carbonyl (C=O) groups is 1. The fraction of sp³-hybridized carbons (Fsp3) is 0.500. The second-order valence-corrected chi connectivity index (χ2v) is 4.92. The number of aryl methyl sites for hydroxylation is 1. The first-order valence-corrected chi connectivity index (χ1v) is 6.25. The quantitative estimate of drug-likeness (QED) is 0.833. The summed E-state index contributed by atoms with van der Waals surface area (Å²) in [4.78, 5) is 11.3. The first-order chi connectivity index (χ1) is 8.60. The second-order valence-electron chi connectivity index (χ2n) is 4.92. The number of carboxylic acids is 1. The SMILES string of the molecule is CCCc1ccc(C(N)C2(C(=O)O)COC2)cc1. The van der Waals surface area contributed by atoms with Crippen LogP contribution in [-0.2, 0) is 16.0 Å². The summed E-state index contributed by atoms with van der Waals surface area (Å²) in [6.07, 6.45) is 2.13. The Hall–Kier alpha value is -1.39. The van der Waals surface area contributed by atoms with E-state index in [1.54, 1.807) is 0 Å². The van der Waals surface area contributed by atoms with Crippen LogP contribution in [0.1, 0.15) is 30.5 Å². The van der Waals surface area contributed by atoms with E-state index < -0.39 is 17.4 Å². The van der Waals surface area contributed by atoms with E-state index in [4.69, 9.17) is 10.5 Å². The standard InChI is InChI=1S/C14H19NO3/c1-2-3-10-4-6-11(7-5-10)12(15)14(13(16)17)8-18-9-14/h4-7,12H,2-3,8-9,15H2,1H3,(H,16,17). The third-order valence-electron chi connectivity index (χ3n) is 3.62. The summed E-state index contributed by atoms with van der Waals surface area (Å²) < 4.78 is 5.04. The van der Waals surface area contributed by atoms with Crippen LogP contribution >= 0.6 is 0 Å². The molecule has 18 heavy (non-hydrogen) atoms. The van der Waals surface area contributed by atoms with Crippen LogP contribution in [0.4, 0.5) is 0 Å². The molecule has 3 N–H and O–H groups in total. The van der Waals surface area contributed by atoms with Crippen LogP contribution in [0, 0.1) is 5.41 Å². The van der Waals surface area contributed by atoms with Gasteiger partial charge in [0.05, 0.1) is 19.3 Å². The Bertz CT molecular complexity index is 423. The van der Waals surface area contributed by atoms with E-state index in [-0.39, 0.29) is 13.2 Å². The first kappa shape index (κ1) is 13.1. The van der Waals surface area contributed by atoms with Gasteiger partial charge in [0.2, 0.25) is 0 Å². The van der Waals surface area contributed by atoms with Crippen molar-refractivity contribution < 1.29 is 14.6 Å². The molecule has 0 spiro atoms. The van der Waals surface area contributed by atoms with Crippen LogP contribution in [0.3, 0.4) is 0 Å². The summed E-state index contributed by atoms with van der Waals surface area (Å²) in [5, 5.41) is 9.29. The number of benzene rings is 1. The number of ether oxygens (including phenoxy) is 1. The third-order valence-corrected chi connectivity index (χ3v) is 3.62. The molecule has 0 aliphatic carbocycles. The first-order valence-electron chi connectivity index (χ1n) is 6.25. The average molecular weight is 249 g/mol. The Morgan fingerprint density at radius 2 is 2.06 bits per heavy atom. The van der Waals surface area contributed by atoms with Gasteiger partial charge < -0.3 is 15.6 Å². The Morgan fingerprint density at radius 3 is 2.44 bits per heavy atom. The molecule has 98 valence electrons. The van der Waals surface area contributed by atoms with Crippen LogP contribution < -0.4 is 5.73 Å². The monoisotopic (exact) mass is 249 g/mol. The summed E-state index contributed by atoms with van der Waals surface area (Å²) in [7, 11) is 0. The van der Waals surface area contributed by atoms with Crippen LogP contribution in [0.5, 0.6) is 0 Å². The number of aliphatic carboxylic acids is 1. The molecule has 1 aliphatic heterocycles. The van der Waals surface area contributed by atoms with Crippen molar-refractivity contribution in [3.63, 3.8) is 0 Å². The van der Waals surface area contributed by atoms with Crippen molar-refractivity contribution in [1.29, 1.82) is 0 Å². The molecule has 1 unspecified atom stereocenters. The van der Waals surface area contributed by atoms with E-state index in [0.717, 1.165) is 18.4 Å². The highest BCUT2D eigenvalue weighted by Gasteiger charge is 2.51. The normalized spacial score (nSPS) is 19.0. The Labute approximate surface area is 107 Å². The van der Waals surface area contributed by atoms with E-state index in [1.807, 2.05) is 24.3 Å². The van der Waals surface area contributed by atoms with Gasteiger partial charge in [-0.15, -0.1) is 0 Å². The van der Waals surface area contributed by atoms with E-state index in [9.17, 15) is 9.90 Å². The summed E-state index contributed by atoms with van der Waals surface area (Å²) in [6, 6.07) is 7.39. The third kappa shape index (κ3) is 2.13. The van der Waals surface area contributed by atoms with Crippen molar-refractivity contribution in [2.45, 2.75) is 25.8 Å². The lowest BCUT2D eigenvalue weighted by Gasteiger charge is -2.41. The van der Waals surface area contributed by atoms with E-state index in [2.05, 4.69) is 6.92 Å². The van der Waals surface area contributed by atoms with Gasteiger partial charge in [-0.25, -0.2) is 0 Å². The van der Waals surface area contributed by atoms with Gasteiger partial charge in [0.15, 0.2) is 0 Å². The number of nitrogens with two attached hydrogens (primary N) is 1. The molecule has 4 heteroatoms. The largest absolute Gasteiger partial charge is 0.481 e. The van der Waals surface area contributed by atoms with Gasteiger partial charge in [0.1, 0.15) is 5.41 Å². The van der Waals surface area contributed by atoms with Crippen molar-refractivity contribution >= 4 is 5.97 Å². The summed E-state index contributed by atoms with van der Waals surface area (Å²) >= 11 is 0. The lowest BCUT2D eigenvalue weighted by Crippen LogP contribution is -2.55. The topological polar surface area (TPSA) is 72.6 Å². The highest BCUT2D eigenvalue weighted by molar-refractivity contribution is 5.77. The van der Waals surface area contributed by atoms with Crippen molar-refractivity contribution in [3.8, 4) is 0 Å². The van der Waals surface area contributed by atoms with Gasteiger partial charge in [0, 0.05) is 0 Å². The van der Waals surface area contributed by atoms with Crippen LogP contribution in [0.25, 0.3) is 0 Å². The molecule has 1 aromatic carbocycles. The molecule has 0 amide bonds. The van der Waals surface area contributed by atoms with Crippen LogP contribution in [-0.4, -0.2) is 24.3 Å². The molecule has 1 aliphatic rings. The molecule has 0 saturated carbocycles. The lowest BCUT2D eigenvalue weighted by atomic mass is 9.75. The van der Waals surface area contributed by atoms with Gasteiger partial charge in [0.25, 0.3) is 0 Å². The summed E-state index contributed by atoms with van der Waals surface area (Å²) in [6.45, 7) is 2.52. The van der Waals surface area contributed by atoms with Gasteiger partial charge in [-0.3, -0.25) is 4.79 Å². The van der Waals surface area contributed by atoms with Crippen molar-refractivity contribution in [3.05, 3.63) is 35.4 Å². The molecule has 1 aromatic rings. The van der Waals surface area contributed by atoms with Gasteiger partial charge in [-0.2, -0.15) is 0 Å². The van der Waals surface area contributed by atoms with Crippen molar-refractivity contribution in [2.75, 3.05) is 13.2 Å². The van der Waals surface area contributed by atoms with Crippen LogP contribution in [0.15, 0.2) is 24.3 Å². The Kier molecular flexibility index (Phi) is 3.68. The number of hydrogen-bond donors (Lipinski definition) is 2. The van der Waals surface area contributed by atoms with E-state index in [0.29, 0.717) is 0 Å². The van der Waals surface area contributed by atoms with Gasteiger partial charge in [-0.05, 0) is 17.5 Å². The predicted molar refractivity (Wildman–Crippen MR) is 68.3 cm³/mol. The highest BCUT2D eigenvalue weighted by atomic mass is 16.5. The number of hydrogen-bond acceptors (Lipinski definition) is 3. The molecule has 1 atom stereocenters. The van der Waals surface area contributed by atoms with E-state index in [1.165, 1.54) is 5.56 Å². The fourth-order valence-corrected chi connectivity index (χ4v) is 2.26. The minimum Gasteiger partial charge on any atom is -0.481 e. The molecular weight excluding hydrogens is 230 g/mol. The molecule has 1 saturated heterocycles. The maximum Gasteiger partial charge on any atom is 0.316 e. The molecular formula is C14H19NO3. The Balaban J connectivity index is 2.17. The number of carboxylic acid groups (broad SMARTS) is 1. The maximum atomic E-state index is 11.3. The van der Waals surface area contributed by atoms with Crippen molar-refractivity contribution in [2.24, 2.45) is 11.1 Å². The number of rotatable bonds is 5. The smallest absolute Gasteiger partial charge is 0.316 e. The minimum atomic E-state index is -0.952. The average Bonchev–Trinajstić information content (AvgIpc) is 2.28. The van der Waals surface area contributed by atoms with Gasteiger partial charge in [-0.1, -0.05) is 37.6 Å². The van der Waals surface area contributed by atoms with Crippen LogP contribution in [0.2, 0.25) is 0 Å². The molecule has 0 aromatic heterocycles. The maximum absolute atomic E-state index is 11.3. The zero-order chi connectivity index (χ0) is 13.2. The second kappa shape index (κ2) is 5.08. The Morgan fingerprint density at radius 1 is 1.44 bits per heavy atom. The molecule has 0 radical (unpaired) electrons.